The van der Waals surface area contributed by atoms with Gasteiger partial charge < -0.3 is 9.30 Å². The predicted molar refractivity (Wildman–Crippen MR) is 86.2 cm³/mol. The Hall–Kier alpha value is -1.01. The summed E-state index contributed by atoms with van der Waals surface area (Å²) < 4.78 is 7.52. The van der Waals surface area contributed by atoms with Gasteiger partial charge in [-0.05, 0) is 19.1 Å². The average Bonchev–Trinajstić information content (AvgIpc) is 2.93. The van der Waals surface area contributed by atoms with E-state index in [0.29, 0.717) is 28.6 Å². The van der Waals surface area contributed by atoms with Gasteiger partial charge in [-0.25, -0.2) is 9.97 Å². The van der Waals surface area contributed by atoms with Crippen LogP contribution in [-0.4, -0.2) is 38.1 Å². The number of hydrogen-bond acceptors (Lipinski definition) is 5. The van der Waals surface area contributed by atoms with E-state index >= 15 is 0 Å². The van der Waals surface area contributed by atoms with Crippen LogP contribution in [0.15, 0.2) is 6.33 Å². The molecule has 5 nitrogen and oxygen atoms in total. The van der Waals surface area contributed by atoms with Crippen molar-refractivity contribution in [2.45, 2.75) is 42.9 Å². The molecule has 0 aliphatic heterocycles. The van der Waals surface area contributed by atoms with Crippen molar-refractivity contribution in [3.8, 4) is 5.88 Å². The van der Waals surface area contributed by atoms with Crippen molar-refractivity contribution in [1.82, 2.24) is 19.5 Å². The summed E-state index contributed by atoms with van der Waals surface area (Å²) >= 11 is 8.05. The lowest BCUT2D eigenvalue weighted by Gasteiger charge is -2.32. The summed E-state index contributed by atoms with van der Waals surface area (Å²) in [6.07, 6.45) is 8.63. The fourth-order valence-electron chi connectivity index (χ4n) is 3.17. The maximum absolute atomic E-state index is 6.13. The zero-order valence-electron chi connectivity index (χ0n) is 12.3. The molecule has 7 heteroatoms. The van der Waals surface area contributed by atoms with Crippen LogP contribution < -0.4 is 4.74 Å². The van der Waals surface area contributed by atoms with Gasteiger partial charge in [-0.1, -0.05) is 12.8 Å². The Bertz CT molecular complexity index is 633. The minimum atomic E-state index is 0.372. The number of alkyl halides is 1. The number of fused-ring (bicyclic) bond motifs is 1. The molecule has 0 saturated heterocycles. The molecule has 2 heterocycles. The van der Waals surface area contributed by atoms with Crippen molar-refractivity contribution >= 4 is 34.5 Å². The van der Waals surface area contributed by atoms with E-state index in [1.807, 2.05) is 11.8 Å². The first-order valence-corrected chi connectivity index (χ1v) is 8.97. The second kappa shape index (κ2) is 6.40. The molecular formula is C14H19ClN4OS. The van der Waals surface area contributed by atoms with E-state index in [1.165, 1.54) is 25.6 Å². The van der Waals surface area contributed by atoms with Gasteiger partial charge in [0.1, 0.15) is 12.2 Å². The molecule has 1 aliphatic carbocycles. The van der Waals surface area contributed by atoms with Gasteiger partial charge in [0.15, 0.2) is 11.2 Å². The van der Waals surface area contributed by atoms with E-state index in [0.717, 1.165) is 17.9 Å². The molecule has 0 N–H and O–H groups in total. The lowest BCUT2D eigenvalue weighted by molar-refractivity contribution is 0.364. The largest absolute Gasteiger partial charge is 0.479 e. The van der Waals surface area contributed by atoms with Gasteiger partial charge in [-0.15, -0.1) is 11.6 Å². The van der Waals surface area contributed by atoms with Crippen molar-refractivity contribution in [1.29, 1.82) is 0 Å². The maximum atomic E-state index is 6.13. The molecule has 2 unspecified atom stereocenters. The van der Waals surface area contributed by atoms with Gasteiger partial charge in [0, 0.05) is 11.3 Å². The number of imidazole rings is 1. The molecule has 2 aromatic heterocycles. The summed E-state index contributed by atoms with van der Waals surface area (Å²) in [6, 6.07) is 0.395. The highest BCUT2D eigenvalue weighted by Crippen LogP contribution is 2.38. The van der Waals surface area contributed by atoms with Crippen molar-refractivity contribution in [2.75, 3.05) is 13.4 Å². The summed E-state index contributed by atoms with van der Waals surface area (Å²) in [7, 11) is 1.60. The molecule has 1 aliphatic rings. The molecule has 114 valence electrons. The number of halogens is 1. The van der Waals surface area contributed by atoms with Crippen molar-refractivity contribution < 1.29 is 4.74 Å². The molecule has 3 rings (SSSR count). The van der Waals surface area contributed by atoms with Crippen LogP contribution in [0.2, 0.25) is 0 Å². The number of methoxy groups -OCH3 is 1. The van der Waals surface area contributed by atoms with Crippen molar-refractivity contribution in [3.05, 3.63) is 12.2 Å². The van der Waals surface area contributed by atoms with Crippen LogP contribution in [0.5, 0.6) is 5.88 Å². The molecule has 0 bridgehead atoms. The SMILES string of the molecule is COc1ncnc2c1nc(CCl)n2C1CCCCC1SC. The van der Waals surface area contributed by atoms with Gasteiger partial charge in [0.2, 0.25) is 5.88 Å². The highest BCUT2D eigenvalue weighted by Gasteiger charge is 2.30. The van der Waals surface area contributed by atoms with Crippen LogP contribution in [0.25, 0.3) is 11.2 Å². The molecule has 2 atom stereocenters. The molecule has 2 aromatic rings. The third kappa shape index (κ3) is 2.59. The summed E-state index contributed by atoms with van der Waals surface area (Å²) in [4.78, 5) is 13.2. The molecule has 1 fully saturated rings. The molecule has 0 aromatic carbocycles. The van der Waals surface area contributed by atoms with Crippen LogP contribution in [-0.2, 0) is 5.88 Å². The zero-order valence-corrected chi connectivity index (χ0v) is 13.8. The third-order valence-electron chi connectivity index (χ3n) is 4.13. The fourth-order valence-corrected chi connectivity index (χ4v) is 4.34. The van der Waals surface area contributed by atoms with Crippen LogP contribution >= 0.6 is 23.4 Å². The monoisotopic (exact) mass is 326 g/mol. The second-order valence-corrected chi connectivity index (χ2v) is 6.56. The van der Waals surface area contributed by atoms with E-state index in [2.05, 4.69) is 25.8 Å². The summed E-state index contributed by atoms with van der Waals surface area (Å²) in [6.45, 7) is 0. The topological polar surface area (TPSA) is 52.8 Å². The lowest BCUT2D eigenvalue weighted by Crippen LogP contribution is -2.26. The average molecular weight is 327 g/mol. The van der Waals surface area contributed by atoms with Gasteiger partial charge in [-0.2, -0.15) is 16.7 Å². The minimum Gasteiger partial charge on any atom is -0.479 e. The molecule has 21 heavy (non-hydrogen) atoms. The van der Waals surface area contributed by atoms with Gasteiger partial charge in [0.05, 0.1) is 13.0 Å². The minimum absolute atomic E-state index is 0.372. The van der Waals surface area contributed by atoms with Gasteiger partial charge >= 0.3 is 0 Å². The molecule has 0 radical (unpaired) electrons. The molecule has 1 saturated carbocycles. The number of nitrogens with zero attached hydrogens (tertiary/aromatic N) is 4. The third-order valence-corrected chi connectivity index (χ3v) is 5.53. The number of ether oxygens (including phenoxy) is 1. The van der Waals surface area contributed by atoms with Gasteiger partial charge in [0.25, 0.3) is 0 Å². The van der Waals surface area contributed by atoms with E-state index in [9.17, 15) is 0 Å². The van der Waals surface area contributed by atoms with E-state index < -0.39 is 0 Å². The smallest absolute Gasteiger partial charge is 0.245 e. The van der Waals surface area contributed by atoms with E-state index in [-0.39, 0.29) is 0 Å². The number of rotatable bonds is 4. The summed E-state index contributed by atoms with van der Waals surface area (Å²) in [5.41, 5.74) is 1.55. The second-order valence-electron chi connectivity index (χ2n) is 5.21. The number of aromatic nitrogens is 4. The highest BCUT2D eigenvalue weighted by molar-refractivity contribution is 7.99. The Balaban J connectivity index is 2.15. The van der Waals surface area contributed by atoms with Crippen molar-refractivity contribution in [3.63, 3.8) is 0 Å². The van der Waals surface area contributed by atoms with Crippen LogP contribution in [0.4, 0.5) is 0 Å². The first-order chi connectivity index (χ1) is 10.3. The Kier molecular flexibility index (Phi) is 4.54. The van der Waals surface area contributed by atoms with E-state index in [1.54, 1.807) is 7.11 Å². The molecule has 0 amide bonds. The maximum Gasteiger partial charge on any atom is 0.245 e. The Morgan fingerprint density at radius 1 is 1.38 bits per heavy atom. The highest BCUT2D eigenvalue weighted by atomic mass is 35.5. The first-order valence-electron chi connectivity index (χ1n) is 7.14. The quantitative estimate of drug-likeness (QED) is 0.806. The fraction of sp³-hybridized carbons (Fsp3) is 0.643. The standard InChI is InChI=1S/C14H19ClN4OS/c1-20-14-12-13(16-8-17-14)19(11(7-15)18-12)9-5-3-4-6-10(9)21-2/h8-10H,3-7H2,1-2H3. The normalized spacial score (nSPS) is 22.6. The van der Waals surface area contributed by atoms with Crippen LogP contribution in [0, 0.1) is 0 Å². The molecule has 0 spiro atoms. The first kappa shape index (κ1) is 14.9. The number of hydrogen-bond donors (Lipinski definition) is 0. The van der Waals surface area contributed by atoms with Crippen molar-refractivity contribution in [2.24, 2.45) is 0 Å². The lowest BCUT2D eigenvalue weighted by atomic mass is 9.94. The van der Waals surface area contributed by atoms with Crippen LogP contribution in [0.3, 0.4) is 0 Å². The Morgan fingerprint density at radius 2 is 2.19 bits per heavy atom. The molecular weight excluding hydrogens is 308 g/mol. The zero-order chi connectivity index (χ0) is 14.8. The Labute approximate surface area is 133 Å². The van der Waals surface area contributed by atoms with E-state index in [4.69, 9.17) is 16.3 Å². The number of thioether (sulfide) groups is 1. The Morgan fingerprint density at radius 3 is 2.90 bits per heavy atom. The predicted octanol–water partition coefficient (Wildman–Crippen LogP) is 3.42. The van der Waals surface area contributed by atoms with Crippen LogP contribution in [0.1, 0.15) is 37.5 Å². The summed E-state index contributed by atoms with van der Waals surface area (Å²) in [5.74, 6) is 1.75. The summed E-state index contributed by atoms with van der Waals surface area (Å²) in [5, 5.41) is 0.582. The van der Waals surface area contributed by atoms with Gasteiger partial charge in [-0.3, -0.25) is 0 Å².